The smallest absolute Gasteiger partial charge is 0.268 e. The van der Waals surface area contributed by atoms with E-state index in [0.717, 1.165) is 13.0 Å². The highest BCUT2D eigenvalue weighted by atomic mass is 32.2. The minimum Gasteiger partial charge on any atom is -0.369 e. The Morgan fingerprint density at radius 2 is 1.88 bits per heavy atom. The molecule has 0 amide bonds. The Labute approximate surface area is 105 Å². The van der Waals surface area contributed by atoms with E-state index in [2.05, 4.69) is 22.9 Å². The molecule has 0 rings (SSSR count). The van der Waals surface area contributed by atoms with Gasteiger partial charge in [-0.3, -0.25) is 4.18 Å². The maximum atomic E-state index is 11.1. The van der Waals surface area contributed by atoms with Crippen LogP contribution < -0.4 is 0 Å². The van der Waals surface area contributed by atoms with Crippen LogP contribution in [0.1, 0.15) is 39.5 Å². The van der Waals surface area contributed by atoms with Crippen LogP contribution in [-0.2, 0) is 19.0 Å². The molecule has 0 atom stereocenters. The van der Waals surface area contributed by atoms with E-state index in [1.165, 1.54) is 12.8 Å². The van der Waals surface area contributed by atoms with Crippen molar-refractivity contribution in [1.82, 2.24) is 0 Å². The second-order valence-electron chi connectivity index (χ2n) is 3.53. The average molecular weight is 262 g/mol. The summed E-state index contributed by atoms with van der Waals surface area (Å²) in [5.74, 6) is 5.49. The zero-order valence-electron chi connectivity index (χ0n) is 10.7. The summed E-state index contributed by atoms with van der Waals surface area (Å²) in [6.45, 7) is 5.06. The average Bonchev–Trinajstić information content (AvgIpc) is 2.27. The second-order valence-corrected chi connectivity index (χ2v) is 5.29. The molecule has 4 nitrogen and oxygen atoms in total. The van der Waals surface area contributed by atoms with E-state index in [1.807, 2.05) is 0 Å². The number of unbranched alkanes of at least 4 members (excludes halogenated alkanes) is 2. The highest BCUT2D eigenvalue weighted by molar-refractivity contribution is 7.86. The van der Waals surface area contributed by atoms with Crippen molar-refractivity contribution in [2.75, 3.05) is 25.6 Å². The molecule has 0 aromatic rings. The van der Waals surface area contributed by atoms with E-state index in [-0.39, 0.29) is 12.4 Å². The van der Waals surface area contributed by atoms with Gasteiger partial charge in [-0.25, -0.2) is 0 Å². The van der Waals surface area contributed by atoms with Crippen LogP contribution in [0.15, 0.2) is 0 Å². The van der Waals surface area contributed by atoms with Crippen molar-refractivity contribution in [3.8, 4) is 11.8 Å². The molecule has 0 unspecified atom stereocenters. The standard InChI is InChI=1S/C12H22O4S/c1-3-5-7-10-15-11-8-6-9-12-17(13,14)16-4-2/h3-5,7,9-12H2,1-2H3. The van der Waals surface area contributed by atoms with Gasteiger partial charge in [-0.05, 0) is 13.3 Å². The van der Waals surface area contributed by atoms with Crippen LogP contribution in [0, 0.1) is 11.8 Å². The third kappa shape index (κ3) is 11.7. The van der Waals surface area contributed by atoms with Crippen LogP contribution in [0.4, 0.5) is 0 Å². The Morgan fingerprint density at radius 1 is 1.12 bits per heavy atom. The molecule has 0 radical (unpaired) electrons. The van der Waals surface area contributed by atoms with E-state index in [4.69, 9.17) is 4.74 Å². The van der Waals surface area contributed by atoms with Crippen molar-refractivity contribution in [3.63, 3.8) is 0 Å². The topological polar surface area (TPSA) is 52.6 Å². The molecular formula is C12H22O4S. The van der Waals surface area contributed by atoms with Crippen LogP contribution in [0.5, 0.6) is 0 Å². The van der Waals surface area contributed by atoms with Gasteiger partial charge >= 0.3 is 0 Å². The first-order chi connectivity index (χ1) is 8.12. The lowest BCUT2D eigenvalue weighted by Gasteiger charge is -1.99. The minimum atomic E-state index is -3.38. The van der Waals surface area contributed by atoms with E-state index >= 15 is 0 Å². The Hall–Kier alpha value is -0.570. The molecule has 0 aliphatic rings. The number of hydrogen-bond acceptors (Lipinski definition) is 4. The van der Waals surface area contributed by atoms with E-state index in [9.17, 15) is 8.42 Å². The summed E-state index contributed by atoms with van der Waals surface area (Å²) in [7, 11) is -3.38. The molecule has 100 valence electrons. The molecule has 0 fully saturated rings. The largest absolute Gasteiger partial charge is 0.369 e. The van der Waals surface area contributed by atoms with Crippen LogP contribution in [0.3, 0.4) is 0 Å². The molecular weight excluding hydrogens is 240 g/mol. The van der Waals surface area contributed by atoms with E-state index < -0.39 is 10.1 Å². The van der Waals surface area contributed by atoms with Gasteiger partial charge in [0, 0.05) is 13.0 Å². The number of ether oxygens (including phenoxy) is 1. The molecule has 0 N–H and O–H groups in total. The van der Waals surface area contributed by atoms with Crippen LogP contribution in [0.2, 0.25) is 0 Å². The molecule has 0 saturated heterocycles. The summed E-state index contributed by atoms with van der Waals surface area (Å²) in [5.41, 5.74) is 0. The van der Waals surface area contributed by atoms with Crippen LogP contribution >= 0.6 is 0 Å². The third-order valence-electron chi connectivity index (χ3n) is 1.97. The van der Waals surface area contributed by atoms with Crippen molar-refractivity contribution in [1.29, 1.82) is 0 Å². The Morgan fingerprint density at radius 3 is 2.53 bits per heavy atom. The highest BCUT2D eigenvalue weighted by Gasteiger charge is 2.07. The SMILES string of the molecule is CCCCCOCC#CCCS(=O)(=O)OCC. The molecule has 17 heavy (non-hydrogen) atoms. The van der Waals surface area contributed by atoms with Crippen molar-refractivity contribution in [2.24, 2.45) is 0 Å². The fourth-order valence-corrected chi connectivity index (χ4v) is 1.96. The summed E-state index contributed by atoms with van der Waals surface area (Å²) in [6.07, 6.45) is 3.68. The summed E-state index contributed by atoms with van der Waals surface area (Å²) >= 11 is 0. The predicted molar refractivity (Wildman–Crippen MR) is 68.1 cm³/mol. The second kappa shape index (κ2) is 10.6. The molecule has 5 heteroatoms. The fourth-order valence-electron chi connectivity index (χ4n) is 1.13. The minimum absolute atomic E-state index is 0.0519. The first kappa shape index (κ1) is 16.4. The van der Waals surface area contributed by atoms with Gasteiger partial charge in [0.1, 0.15) is 6.61 Å². The van der Waals surface area contributed by atoms with Gasteiger partial charge in [0.25, 0.3) is 10.1 Å². The monoisotopic (exact) mass is 262 g/mol. The summed E-state index contributed by atoms with van der Waals surface area (Å²) in [5, 5.41) is 0. The van der Waals surface area contributed by atoms with Gasteiger partial charge in [0.2, 0.25) is 0 Å². The van der Waals surface area contributed by atoms with E-state index in [0.29, 0.717) is 13.0 Å². The Kier molecular flexibility index (Phi) is 10.2. The molecule has 0 aromatic heterocycles. The van der Waals surface area contributed by atoms with Crippen LogP contribution in [-0.4, -0.2) is 34.0 Å². The lowest BCUT2D eigenvalue weighted by atomic mass is 10.3. The van der Waals surface area contributed by atoms with Crippen molar-refractivity contribution in [2.45, 2.75) is 39.5 Å². The summed E-state index contributed by atoms with van der Waals surface area (Å²) in [6, 6.07) is 0. The molecule has 0 heterocycles. The Balaban J connectivity index is 3.49. The molecule has 0 aliphatic carbocycles. The van der Waals surface area contributed by atoms with Crippen LogP contribution in [0.25, 0.3) is 0 Å². The molecule has 0 aliphatic heterocycles. The van der Waals surface area contributed by atoms with Crippen molar-refractivity contribution in [3.05, 3.63) is 0 Å². The number of rotatable bonds is 9. The van der Waals surface area contributed by atoms with Gasteiger partial charge in [-0.2, -0.15) is 8.42 Å². The maximum absolute atomic E-state index is 11.1. The number of hydrogen-bond donors (Lipinski definition) is 0. The summed E-state index contributed by atoms with van der Waals surface area (Å²) < 4.78 is 32.1. The van der Waals surface area contributed by atoms with Gasteiger partial charge < -0.3 is 4.74 Å². The quantitative estimate of drug-likeness (QED) is 0.362. The van der Waals surface area contributed by atoms with Gasteiger partial charge in [0.05, 0.1) is 12.4 Å². The first-order valence-electron chi connectivity index (χ1n) is 6.03. The normalized spacial score (nSPS) is 10.9. The zero-order valence-corrected chi connectivity index (χ0v) is 11.5. The lowest BCUT2D eigenvalue weighted by Crippen LogP contribution is -2.09. The zero-order chi connectivity index (χ0) is 13.0. The van der Waals surface area contributed by atoms with E-state index in [1.54, 1.807) is 6.92 Å². The fraction of sp³-hybridized carbons (Fsp3) is 0.833. The summed E-state index contributed by atoms with van der Waals surface area (Å²) in [4.78, 5) is 0. The van der Waals surface area contributed by atoms with Gasteiger partial charge in [0.15, 0.2) is 0 Å². The van der Waals surface area contributed by atoms with Gasteiger partial charge in [-0.15, -0.1) is 0 Å². The first-order valence-corrected chi connectivity index (χ1v) is 7.60. The highest BCUT2D eigenvalue weighted by Crippen LogP contribution is 1.95. The Bertz CT molecular complexity index is 324. The van der Waals surface area contributed by atoms with Crippen molar-refractivity contribution < 1.29 is 17.3 Å². The van der Waals surface area contributed by atoms with Crippen molar-refractivity contribution >= 4 is 10.1 Å². The third-order valence-corrected chi connectivity index (χ3v) is 3.26. The molecule has 0 bridgehead atoms. The lowest BCUT2D eigenvalue weighted by molar-refractivity contribution is 0.162. The maximum Gasteiger partial charge on any atom is 0.268 e. The molecule has 0 aromatic carbocycles. The predicted octanol–water partition coefficient (Wildman–Crippen LogP) is 1.95. The molecule has 0 spiro atoms. The van der Waals surface area contributed by atoms with Gasteiger partial charge in [-0.1, -0.05) is 31.6 Å². The molecule has 0 saturated carbocycles.